The molecule has 1 spiro atoms. The molecule has 0 radical (unpaired) electrons. The van der Waals surface area contributed by atoms with E-state index in [9.17, 15) is 4.79 Å². The largest absolute Gasteiger partial charge is 0.425 e. The Morgan fingerprint density at radius 1 is 1.03 bits per heavy atom. The molecule has 0 aliphatic carbocycles. The highest BCUT2D eigenvalue weighted by Gasteiger charge is 2.52. The molecule has 31 heavy (non-hydrogen) atoms. The molecule has 0 unspecified atom stereocenters. The molecule has 2 aliphatic heterocycles. The molecule has 2 saturated heterocycles. The molecule has 5 rings (SSSR count). The van der Waals surface area contributed by atoms with Gasteiger partial charge in [-0.15, -0.1) is 10.2 Å². The summed E-state index contributed by atoms with van der Waals surface area (Å²) in [5.41, 5.74) is 2.06. The minimum absolute atomic E-state index is 0.0173. The lowest BCUT2D eigenvalue weighted by molar-refractivity contribution is 0.0688. The molecule has 2 aromatic carbocycles. The van der Waals surface area contributed by atoms with E-state index in [1.807, 2.05) is 42.2 Å². The molecule has 3 aromatic rings. The number of aryl methyl sites for hydroxylation is 1. The number of amides is 1. The van der Waals surface area contributed by atoms with Crippen LogP contribution in [-0.4, -0.2) is 52.1 Å². The molecule has 2 fully saturated rings. The number of hydrogen-bond acceptors (Lipinski definition) is 5. The topological polar surface area (TPSA) is 62.5 Å². The summed E-state index contributed by atoms with van der Waals surface area (Å²) < 4.78 is 5.88. The van der Waals surface area contributed by atoms with Crippen LogP contribution in [0.15, 0.2) is 65.1 Å². The van der Waals surface area contributed by atoms with Crippen molar-refractivity contribution < 1.29 is 9.21 Å². The maximum absolute atomic E-state index is 13.2. The number of carbonyl (C=O) groups is 1. The highest BCUT2D eigenvalue weighted by Crippen LogP contribution is 2.49. The van der Waals surface area contributed by atoms with E-state index in [0.29, 0.717) is 18.3 Å². The SMILES string of the molecule is Cc1nnc([C@H]2CN(C(=O)c3ccccc3)CC23CCN(Cc2ccccc2)CC3)o1. The average molecular weight is 417 g/mol. The Morgan fingerprint density at radius 3 is 2.35 bits per heavy atom. The highest BCUT2D eigenvalue weighted by molar-refractivity contribution is 5.94. The number of rotatable bonds is 4. The van der Waals surface area contributed by atoms with Gasteiger partial charge in [0.1, 0.15) is 0 Å². The Hall–Kier alpha value is -2.99. The van der Waals surface area contributed by atoms with Crippen LogP contribution < -0.4 is 0 Å². The molecule has 2 aliphatic rings. The summed E-state index contributed by atoms with van der Waals surface area (Å²) in [4.78, 5) is 17.7. The molecule has 0 bridgehead atoms. The third-order valence-electron chi connectivity index (χ3n) is 6.90. The molecule has 6 heteroatoms. The lowest BCUT2D eigenvalue weighted by atomic mass is 9.70. The van der Waals surface area contributed by atoms with E-state index >= 15 is 0 Å². The fraction of sp³-hybridized carbons (Fsp3) is 0.400. The second kappa shape index (κ2) is 8.27. The summed E-state index contributed by atoms with van der Waals surface area (Å²) >= 11 is 0. The number of carbonyl (C=O) groups excluding carboxylic acids is 1. The number of nitrogens with zero attached hydrogens (tertiary/aromatic N) is 4. The van der Waals surface area contributed by atoms with Gasteiger partial charge in [-0.3, -0.25) is 9.69 Å². The van der Waals surface area contributed by atoms with E-state index < -0.39 is 0 Å². The predicted octanol–water partition coefficient (Wildman–Crippen LogP) is 3.90. The number of likely N-dealkylation sites (tertiary alicyclic amines) is 2. The van der Waals surface area contributed by atoms with Crippen LogP contribution in [0.5, 0.6) is 0 Å². The van der Waals surface area contributed by atoms with Crippen LogP contribution in [0.2, 0.25) is 0 Å². The van der Waals surface area contributed by atoms with Gasteiger partial charge in [0.05, 0.1) is 5.92 Å². The van der Waals surface area contributed by atoms with Crippen LogP contribution in [0.25, 0.3) is 0 Å². The van der Waals surface area contributed by atoms with Crippen molar-refractivity contribution in [2.45, 2.75) is 32.2 Å². The van der Waals surface area contributed by atoms with Crippen molar-refractivity contribution in [2.75, 3.05) is 26.2 Å². The maximum atomic E-state index is 13.2. The molecule has 3 heterocycles. The van der Waals surface area contributed by atoms with Gasteiger partial charge < -0.3 is 9.32 Å². The van der Waals surface area contributed by atoms with Gasteiger partial charge >= 0.3 is 0 Å². The zero-order valence-corrected chi connectivity index (χ0v) is 17.9. The average Bonchev–Trinajstić information content (AvgIpc) is 3.40. The predicted molar refractivity (Wildman–Crippen MR) is 118 cm³/mol. The standard InChI is InChI=1S/C25H28N4O2/c1-19-26-27-23(31-19)22-17-29(24(30)21-10-6-3-7-11-21)18-25(22)12-14-28(15-13-25)16-20-8-4-2-5-9-20/h2-11,22H,12-18H2,1H3/t22-/m1/s1. The Kier molecular flexibility index (Phi) is 5.32. The lowest BCUT2D eigenvalue weighted by Crippen LogP contribution is -2.43. The molecule has 0 N–H and O–H groups in total. The van der Waals surface area contributed by atoms with E-state index in [4.69, 9.17) is 4.42 Å². The molecular formula is C25H28N4O2. The van der Waals surface area contributed by atoms with Gasteiger partial charge in [-0.05, 0) is 43.6 Å². The fourth-order valence-corrected chi connectivity index (χ4v) is 5.18. The summed E-state index contributed by atoms with van der Waals surface area (Å²) in [5, 5.41) is 8.44. The second-order valence-corrected chi connectivity index (χ2v) is 8.89. The lowest BCUT2D eigenvalue weighted by Gasteiger charge is -2.41. The second-order valence-electron chi connectivity index (χ2n) is 8.89. The van der Waals surface area contributed by atoms with E-state index in [2.05, 4.69) is 45.4 Å². The summed E-state index contributed by atoms with van der Waals surface area (Å²) in [5.74, 6) is 1.43. The van der Waals surface area contributed by atoms with Gasteiger partial charge in [-0.2, -0.15) is 0 Å². The number of piperidine rings is 1. The zero-order chi connectivity index (χ0) is 21.3. The Labute approximate surface area is 182 Å². The van der Waals surface area contributed by atoms with Crippen molar-refractivity contribution in [3.05, 3.63) is 83.6 Å². The van der Waals surface area contributed by atoms with E-state index in [1.165, 1.54) is 5.56 Å². The Balaban J connectivity index is 1.36. The summed E-state index contributed by atoms with van der Waals surface area (Å²) in [6.45, 7) is 6.18. The molecular weight excluding hydrogens is 388 g/mol. The molecule has 0 saturated carbocycles. The third-order valence-corrected chi connectivity index (χ3v) is 6.90. The molecule has 1 amide bonds. The first-order valence-corrected chi connectivity index (χ1v) is 11.0. The Morgan fingerprint density at radius 2 is 1.71 bits per heavy atom. The number of aromatic nitrogens is 2. The molecule has 160 valence electrons. The van der Waals surface area contributed by atoms with Crippen molar-refractivity contribution in [1.29, 1.82) is 0 Å². The first-order valence-electron chi connectivity index (χ1n) is 11.0. The normalized spacial score (nSPS) is 20.9. The van der Waals surface area contributed by atoms with Gasteiger partial charge in [0.15, 0.2) is 0 Å². The quantitative estimate of drug-likeness (QED) is 0.646. The third kappa shape index (κ3) is 4.00. The molecule has 1 atom stereocenters. The summed E-state index contributed by atoms with van der Waals surface area (Å²) in [6, 6.07) is 20.2. The van der Waals surface area contributed by atoms with Crippen LogP contribution in [0, 0.1) is 12.3 Å². The van der Waals surface area contributed by atoms with Gasteiger partial charge in [0.2, 0.25) is 11.8 Å². The highest BCUT2D eigenvalue weighted by atomic mass is 16.4. The van der Waals surface area contributed by atoms with Crippen molar-refractivity contribution in [1.82, 2.24) is 20.0 Å². The van der Waals surface area contributed by atoms with Crippen LogP contribution in [0.4, 0.5) is 0 Å². The van der Waals surface area contributed by atoms with E-state index in [0.717, 1.165) is 44.6 Å². The van der Waals surface area contributed by atoms with Gasteiger partial charge in [0.25, 0.3) is 5.91 Å². The van der Waals surface area contributed by atoms with E-state index in [1.54, 1.807) is 0 Å². The minimum Gasteiger partial charge on any atom is -0.425 e. The van der Waals surface area contributed by atoms with Crippen LogP contribution in [0.1, 0.15) is 46.5 Å². The van der Waals surface area contributed by atoms with Crippen LogP contribution in [0.3, 0.4) is 0 Å². The van der Waals surface area contributed by atoms with Crippen molar-refractivity contribution in [2.24, 2.45) is 5.41 Å². The van der Waals surface area contributed by atoms with Crippen molar-refractivity contribution >= 4 is 5.91 Å². The first kappa shape index (κ1) is 19.9. The maximum Gasteiger partial charge on any atom is 0.253 e. The first-order chi connectivity index (χ1) is 15.1. The fourth-order valence-electron chi connectivity index (χ4n) is 5.18. The minimum atomic E-state index is -0.0173. The zero-order valence-electron chi connectivity index (χ0n) is 17.9. The Bertz CT molecular complexity index is 1030. The molecule has 1 aromatic heterocycles. The number of benzene rings is 2. The monoisotopic (exact) mass is 416 g/mol. The summed E-state index contributed by atoms with van der Waals surface area (Å²) in [6.07, 6.45) is 2.04. The summed E-state index contributed by atoms with van der Waals surface area (Å²) in [7, 11) is 0. The van der Waals surface area contributed by atoms with Crippen LogP contribution in [-0.2, 0) is 6.54 Å². The van der Waals surface area contributed by atoms with Crippen molar-refractivity contribution in [3.8, 4) is 0 Å². The van der Waals surface area contributed by atoms with Gasteiger partial charge in [0, 0.05) is 37.5 Å². The van der Waals surface area contributed by atoms with Gasteiger partial charge in [-0.1, -0.05) is 48.5 Å². The van der Waals surface area contributed by atoms with Crippen molar-refractivity contribution in [3.63, 3.8) is 0 Å². The number of hydrogen-bond donors (Lipinski definition) is 0. The van der Waals surface area contributed by atoms with E-state index in [-0.39, 0.29) is 17.2 Å². The van der Waals surface area contributed by atoms with Crippen LogP contribution >= 0.6 is 0 Å². The molecule has 6 nitrogen and oxygen atoms in total. The smallest absolute Gasteiger partial charge is 0.253 e. The van der Waals surface area contributed by atoms with Gasteiger partial charge in [-0.25, -0.2) is 0 Å².